The number of rotatable bonds is 1. The third kappa shape index (κ3) is 2.72. The second-order valence-electron chi connectivity index (χ2n) is 5.01. The number of hydrogen-bond acceptors (Lipinski definition) is 3. The van der Waals surface area contributed by atoms with E-state index < -0.39 is 11.7 Å². The molecule has 2 aliphatic heterocycles. The van der Waals surface area contributed by atoms with Crippen LogP contribution in [0.4, 0.5) is 23.8 Å². The van der Waals surface area contributed by atoms with Crippen molar-refractivity contribution >= 4 is 23.4 Å². The Morgan fingerprint density at radius 1 is 1.33 bits per heavy atom. The Bertz CT molecular complexity index is 580. The standard InChI is InChI=1S/C12H12ClF3N4O/c13-9-3-7(12(14,15)16)4-10(18-9)19-1-2-20-8(6-19)5-17-11(20)21/h3-4,8H,1-2,5-6H2,(H,17,21). The molecule has 0 spiro atoms. The number of alkyl halides is 3. The van der Waals surface area contributed by atoms with Crippen LogP contribution in [0, 0.1) is 0 Å². The summed E-state index contributed by atoms with van der Waals surface area (Å²) in [6.45, 7) is 1.80. The van der Waals surface area contributed by atoms with Gasteiger partial charge in [0.1, 0.15) is 11.0 Å². The maximum Gasteiger partial charge on any atom is 0.416 e. The Labute approximate surface area is 123 Å². The SMILES string of the molecule is O=C1NCC2CN(c3cc(C(F)(F)F)cc(Cl)n3)CCN12. The van der Waals surface area contributed by atoms with E-state index in [4.69, 9.17) is 11.6 Å². The third-order valence-corrected chi connectivity index (χ3v) is 3.86. The molecule has 3 rings (SSSR count). The number of nitrogens with zero attached hydrogens (tertiary/aromatic N) is 3. The summed E-state index contributed by atoms with van der Waals surface area (Å²) in [5, 5.41) is 2.52. The predicted molar refractivity (Wildman–Crippen MR) is 70.4 cm³/mol. The Morgan fingerprint density at radius 2 is 2.10 bits per heavy atom. The zero-order valence-electron chi connectivity index (χ0n) is 10.8. The average Bonchev–Trinajstić information content (AvgIpc) is 2.78. The lowest BCUT2D eigenvalue weighted by atomic mass is 10.2. The Balaban J connectivity index is 1.84. The molecule has 2 amide bonds. The van der Waals surface area contributed by atoms with Gasteiger partial charge in [-0.1, -0.05) is 11.6 Å². The molecule has 9 heteroatoms. The number of nitrogens with one attached hydrogen (secondary N) is 1. The number of aromatic nitrogens is 1. The maximum atomic E-state index is 12.8. The number of amides is 2. The van der Waals surface area contributed by atoms with Crippen LogP contribution in [-0.4, -0.2) is 48.1 Å². The summed E-state index contributed by atoms with van der Waals surface area (Å²) in [6.07, 6.45) is -4.46. The predicted octanol–water partition coefficient (Wildman–Crippen LogP) is 1.97. The van der Waals surface area contributed by atoms with Crippen molar-refractivity contribution in [2.24, 2.45) is 0 Å². The van der Waals surface area contributed by atoms with Crippen LogP contribution in [0.2, 0.25) is 5.15 Å². The fourth-order valence-corrected chi connectivity index (χ4v) is 2.82. The molecule has 1 aromatic heterocycles. The van der Waals surface area contributed by atoms with E-state index in [0.29, 0.717) is 26.2 Å². The summed E-state index contributed by atoms with van der Waals surface area (Å²) >= 11 is 5.70. The molecule has 1 atom stereocenters. The minimum absolute atomic E-state index is 0.0543. The zero-order chi connectivity index (χ0) is 15.2. The molecule has 0 saturated carbocycles. The molecule has 0 aromatic carbocycles. The van der Waals surface area contributed by atoms with Gasteiger partial charge in [0, 0.05) is 26.2 Å². The largest absolute Gasteiger partial charge is 0.416 e. The van der Waals surface area contributed by atoms with Gasteiger partial charge in [0.25, 0.3) is 0 Å². The molecule has 2 saturated heterocycles. The van der Waals surface area contributed by atoms with Crippen LogP contribution in [0.5, 0.6) is 0 Å². The van der Waals surface area contributed by atoms with Crippen molar-refractivity contribution in [3.05, 3.63) is 22.8 Å². The van der Waals surface area contributed by atoms with Gasteiger partial charge in [0.15, 0.2) is 0 Å². The van der Waals surface area contributed by atoms with Crippen LogP contribution in [0.1, 0.15) is 5.56 Å². The van der Waals surface area contributed by atoms with Gasteiger partial charge in [-0.2, -0.15) is 13.2 Å². The number of carbonyl (C=O) groups excluding carboxylic acids is 1. The van der Waals surface area contributed by atoms with E-state index in [1.807, 2.05) is 0 Å². The Hall–Kier alpha value is -1.70. The lowest BCUT2D eigenvalue weighted by Crippen LogP contribution is -2.52. The first-order valence-corrected chi connectivity index (χ1v) is 6.76. The molecule has 0 aliphatic carbocycles. The van der Waals surface area contributed by atoms with Gasteiger partial charge in [-0.3, -0.25) is 0 Å². The summed E-state index contributed by atoms with van der Waals surface area (Å²) in [7, 11) is 0. The van der Waals surface area contributed by atoms with Crippen LogP contribution in [-0.2, 0) is 6.18 Å². The average molecular weight is 321 g/mol. The molecule has 1 N–H and O–H groups in total. The topological polar surface area (TPSA) is 48.5 Å². The highest BCUT2D eigenvalue weighted by Gasteiger charge is 2.37. The van der Waals surface area contributed by atoms with E-state index in [-0.39, 0.29) is 23.0 Å². The molecule has 0 radical (unpaired) electrons. The van der Waals surface area contributed by atoms with E-state index >= 15 is 0 Å². The van der Waals surface area contributed by atoms with Crippen LogP contribution in [0.15, 0.2) is 12.1 Å². The van der Waals surface area contributed by atoms with Crippen molar-refractivity contribution in [3.63, 3.8) is 0 Å². The molecule has 114 valence electrons. The number of hydrogen-bond donors (Lipinski definition) is 1. The summed E-state index contributed by atoms with van der Waals surface area (Å²) in [5.74, 6) is 0.189. The van der Waals surface area contributed by atoms with Gasteiger partial charge < -0.3 is 15.1 Å². The van der Waals surface area contributed by atoms with Crippen molar-refractivity contribution in [1.29, 1.82) is 0 Å². The molecule has 21 heavy (non-hydrogen) atoms. The van der Waals surface area contributed by atoms with Crippen LogP contribution in [0.3, 0.4) is 0 Å². The minimum Gasteiger partial charge on any atom is -0.353 e. The summed E-state index contributed by atoms with van der Waals surface area (Å²) < 4.78 is 38.4. The first kappa shape index (κ1) is 14.2. The molecule has 3 heterocycles. The highest BCUT2D eigenvalue weighted by molar-refractivity contribution is 6.29. The highest BCUT2D eigenvalue weighted by Crippen LogP contribution is 2.33. The molecule has 2 fully saturated rings. The van der Waals surface area contributed by atoms with Crippen LogP contribution >= 0.6 is 11.6 Å². The second-order valence-corrected chi connectivity index (χ2v) is 5.40. The van der Waals surface area contributed by atoms with E-state index in [9.17, 15) is 18.0 Å². The van der Waals surface area contributed by atoms with Gasteiger partial charge in [0.2, 0.25) is 0 Å². The number of halogens is 4. The van der Waals surface area contributed by atoms with E-state index in [2.05, 4.69) is 10.3 Å². The zero-order valence-corrected chi connectivity index (χ0v) is 11.6. The van der Waals surface area contributed by atoms with Gasteiger partial charge in [-0.25, -0.2) is 9.78 Å². The fourth-order valence-electron chi connectivity index (χ4n) is 2.62. The van der Waals surface area contributed by atoms with Crippen molar-refractivity contribution in [3.8, 4) is 0 Å². The van der Waals surface area contributed by atoms with Gasteiger partial charge in [-0.05, 0) is 12.1 Å². The summed E-state index contributed by atoms with van der Waals surface area (Å²) in [6, 6.07) is 1.62. The van der Waals surface area contributed by atoms with E-state index in [1.54, 1.807) is 9.80 Å². The molecule has 1 unspecified atom stereocenters. The maximum absolute atomic E-state index is 12.8. The number of carbonyl (C=O) groups is 1. The van der Waals surface area contributed by atoms with Gasteiger partial charge in [-0.15, -0.1) is 0 Å². The highest BCUT2D eigenvalue weighted by atomic mass is 35.5. The Morgan fingerprint density at radius 3 is 2.81 bits per heavy atom. The number of anilines is 1. The lowest BCUT2D eigenvalue weighted by Gasteiger charge is -2.37. The number of fused-ring (bicyclic) bond motifs is 1. The molecule has 1 aromatic rings. The number of piperazine rings is 1. The number of pyridine rings is 1. The quantitative estimate of drug-likeness (QED) is 0.805. The van der Waals surface area contributed by atoms with Crippen molar-refractivity contribution in [2.75, 3.05) is 31.1 Å². The van der Waals surface area contributed by atoms with Gasteiger partial charge >= 0.3 is 12.2 Å². The molecule has 0 bridgehead atoms. The first-order valence-electron chi connectivity index (χ1n) is 6.39. The minimum atomic E-state index is -4.46. The number of urea groups is 1. The molecular weight excluding hydrogens is 309 g/mol. The Kier molecular flexibility index (Phi) is 3.35. The third-order valence-electron chi connectivity index (χ3n) is 3.66. The van der Waals surface area contributed by atoms with Crippen LogP contribution < -0.4 is 10.2 Å². The first-order chi connectivity index (χ1) is 9.84. The fraction of sp³-hybridized carbons (Fsp3) is 0.500. The van der Waals surface area contributed by atoms with Crippen molar-refractivity contribution < 1.29 is 18.0 Å². The van der Waals surface area contributed by atoms with Gasteiger partial charge in [0.05, 0.1) is 11.6 Å². The molecule has 2 aliphatic rings. The molecule has 5 nitrogen and oxygen atoms in total. The second kappa shape index (κ2) is 4.94. The smallest absolute Gasteiger partial charge is 0.353 e. The van der Waals surface area contributed by atoms with Crippen molar-refractivity contribution in [1.82, 2.24) is 15.2 Å². The van der Waals surface area contributed by atoms with E-state index in [1.165, 1.54) is 0 Å². The van der Waals surface area contributed by atoms with Crippen LogP contribution in [0.25, 0.3) is 0 Å². The monoisotopic (exact) mass is 320 g/mol. The normalized spacial score (nSPS) is 22.3. The summed E-state index contributed by atoms with van der Waals surface area (Å²) in [5.41, 5.74) is -0.819. The molecular formula is C12H12ClF3N4O. The van der Waals surface area contributed by atoms with E-state index in [0.717, 1.165) is 12.1 Å². The summed E-state index contributed by atoms with van der Waals surface area (Å²) in [4.78, 5) is 18.9. The van der Waals surface area contributed by atoms with Crippen molar-refractivity contribution in [2.45, 2.75) is 12.2 Å². The lowest BCUT2D eigenvalue weighted by molar-refractivity contribution is -0.137.